The lowest BCUT2D eigenvalue weighted by atomic mass is 10.1. The number of β-amino-alcohol motifs (C(OH)–C–C–N with tert-alkyl or cyclic N) is 1. The summed E-state index contributed by atoms with van der Waals surface area (Å²) in [5.41, 5.74) is 8.06. The van der Waals surface area contributed by atoms with Gasteiger partial charge in [-0.05, 0) is 18.5 Å². The molecule has 0 unspecified atom stereocenters. The molecule has 5 heteroatoms. The van der Waals surface area contributed by atoms with Crippen molar-refractivity contribution in [2.75, 3.05) is 13.1 Å². The largest absolute Gasteiger partial charge is 0.391 e. The van der Waals surface area contributed by atoms with Crippen molar-refractivity contribution >= 4 is 0 Å². The van der Waals surface area contributed by atoms with Crippen molar-refractivity contribution < 1.29 is 5.11 Å². The minimum atomic E-state index is -0.510. The third kappa shape index (κ3) is 1.60. The number of piperidine rings is 1. The lowest BCUT2D eigenvalue weighted by Gasteiger charge is -2.23. The third-order valence-electron chi connectivity index (χ3n) is 1.61. The van der Waals surface area contributed by atoms with Crippen molar-refractivity contribution in [1.82, 2.24) is 5.32 Å². The first-order valence-electron chi connectivity index (χ1n) is 3.27. The molecule has 0 saturated carbocycles. The number of nitrogens with zero attached hydrogens (tertiary/aromatic N) is 3. The zero-order chi connectivity index (χ0) is 7.40. The summed E-state index contributed by atoms with van der Waals surface area (Å²) in [6, 6.07) is -0.230. The van der Waals surface area contributed by atoms with Crippen molar-refractivity contribution in [1.29, 1.82) is 0 Å². The number of nitrogens with one attached hydrogen (secondary N) is 1. The van der Waals surface area contributed by atoms with Crippen molar-refractivity contribution in [2.45, 2.75) is 18.6 Å². The highest BCUT2D eigenvalue weighted by atomic mass is 16.3. The van der Waals surface area contributed by atoms with Gasteiger partial charge in [-0.2, -0.15) is 0 Å². The van der Waals surface area contributed by atoms with Crippen LogP contribution in [0.1, 0.15) is 6.42 Å². The van der Waals surface area contributed by atoms with Gasteiger partial charge in [0.1, 0.15) is 0 Å². The summed E-state index contributed by atoms with van der Waals surface area (Å²) in [7, 11) is 0. The fraction of sp³-hybridized carbons (Fsp3) is 1.00. The first kappa shape index (κ1) is 7.34. The standard InChI is InChI=1S/C5H10N4O/c6-9-8-4-1-2-7-3-5(4)10/h4-5,7,10H,1-3H2/t4-,5+/m1/s1. The van der Waals surface area contributed by atoms with E-state index >= 15 is 0 Å². The maximum Gasteiger partial charge on any atom is 0.0749 e. The second-order valence-corrected chi connectivity index (χ2v) is 2.33. The van der Waals surface area contributed by atoms with Gasteiger partial charge in [-0.1, -0.05) is 5.11 Å². The Kier molecular flexibility index (Phi) is 2.50. The highest BCUT2D eigenvalue weighted by Gasteiger charge is 2.20. The highest BCUT2D eigenvalue weighted by molar-refractivity contribution is 4.82. The predicted molar refractivity (Wildman–Crippen MR) is 36.4 cm³/mol. The number of aliphatic hydroxyl groups excluding tert-OH is 1. The molecule has 0 aliphatic carbocycles. The van der Waals surface area contributed by atoms with Crippen LogP contribution in [-0.2, 0) is 0 Å². The lowest BCUT2D eigenvalue weighted by molar-refractivity contribution is 0.120. The van der Waals surface area contributed by atoms with Crippen LogP contribution in [0.2, 0.25) is 0 Å². The normalized spacial score (nSPS) is 32.9. The Labute approximate surface area is 58.7 Å². The van der Waals surface area contributed by atoms with Gasteiger partial charge in [-0.25, -0.2) is 0 Å². The summed E-state index contributed by atoms with van der Waals surface area (Å²) >= 11 is 0. The minimum Gasteiger partial charge on any atom is -0.391 e. The average molecular weight is 142 g/mol. The van der Waals surface area contributed by atoms with Gasteiger partial charge in [0.25, 0.3) is 0 Å². The zero-order valence-corrected chi connectivity index (χ0v) is 5.56. The van der Waals surface area contributed by atoms with E-state index in [1.54, 1.807) is 0 Å². The third-order valence-corrected chi connectivity index (χ3v) is 1.61. The van der Waals surface area contributed by atoms with Gasteiger partial charge in [0, 0.05) is 11.5 Å². The van der Waals surface area contributed by atoms with Crippen LogP contribution in [-0.4, -0.2) is 30.3 Å². The van der Waals surface area contributed by atoms with Crippen LogP contribution in [0, 0.1) is 0 Å². The Morgan fingerprint density at radius 2 is 2.50 bits per heavy atom. The molecule has 10 heavy (non-hydrogen) atoms. The maximum atomic E-state index is 9.17. The van der Waals surface area contributed by atoms with Crippen molar-refractivity contribution in [3.05, 3.63) is 10.4 Å². The quantitative estimate of drug-likeness (QED) is 0.307. The topological polar surface area (TPSA) is 81.0 Å². The van der Waals surface area contributed by atoms with Gasteiger partial charge >= 0.3 is 0 Å². The molecule has 0 amide bonds. The van der Waals surface area contributed by atoms with E-state index in [-0.39, 0.29) is 6.04 Å². The van der Waals surface area contributed by atoms with Crippen LogP contribution in [0.5, 0.6) is 0 Å². The molecule has 0 aromatic heterocycles. The molecule has 1 aliphatic rings. The molecular formula is C5H10N4O. The van der Waals surface area contributed by atoms with Gasteiger partial charge in [0.05, 0.1) is 12.1 Å². The SMILES string of the molecule is [N-]=[N+]=N[C@@H]1CCNC[C@@H]1O. The van der Waals surface area contributed by atoms with Crippen LogP contribution in [0.4, 0.5) is 0 Å². The molecule has 1 fully saturated rings. The van der Waals surface area contributed by atoms with E-state index in [4.69, 9.17) is 5.53 Å². The summed E-state index contributed by atoms with van der Waals surface area (Å²) in [5, 5.41) is 15.6. The molecule has 2 atom stereocenters. The molecular weight excluding hydrogens is 132 g/mol. The Morgan fingerprint density at radius 3 is 3.10 bits per heavy atom. The maximum absolute atomic E-state index is 9.17. The summed E-state index contributed by atoms with van der Waals surface area (Å²) in [6.07, 6.45) is 0.218. The molecule has 1 rings (SSSR count). The molecule has 2 N–H and O–H groups in total. The van der Waals surface area contributed by atoms with Crippen molar-refractivity contribution in [3.8, 4) is 0 Å². The molecule has 0 spiro atoms. The van der Waals surface area contributed by atoms with Crippen LogP contribution >= 0.6 is 0 Å². The van der Waals surface area contributed by atoms with Crippen LogP contribution in [0.15, 0.2) is 5.11 Å². The smallest absolute Gasteiger partial charge is 0.0749 e. The minimum absolute atomic E-state index is 0.230. The molecule has 5 nitrogen and oxygen atoms in total. The molecule has 0 aromatic carbocycles. The summed E-state index contributed by atoms with van der Waals surface area (Å²) < 4.78 is 0. The summed E-state index contributed by atoms with van der Waals surface area (Å²) in [5.74, 6) is 0. The Hall–Kier alpha value is -0.770. The predicted octanol–water partition coefficient (Wildman–Crippen LogP) is 0.0195. The van der Waals surface area contributed by atoms with E-state index in [9.17, 15) is 5.11 Å². The fourth-order valence-electron chi connectivity index (χ4n) is 1.03. The van der Waals surface area contributed by atoms with E-state index in [2.05, 4.69) is 15.3 Å². The fourth-order valence-corrected chi connectivity index (χ4v) is 1.03. The molecule has 0 radical (unpaired) electrons. The Balaban J connectivity index is 2.47. The molecule has 1 saturated heterocycles. The highest BCUT2D eigenvalue weighted by Crippen LogP contribution is 2.07. The van der Waals surface area contributed by atoms with Crippen LogP contribution in [0.3, 0.4) is 0 Å². The van der Waals surface area contributed by atoms with Gasteiger partial charge in [0.15, 0.2) is 0 Å². The van der Waals surface area contributed by atoms with Gasteiger partial charge in [0.2, 0.25) is 0 Å². The monoisotopic (exact) mass is 142 g/mol. The van der Waals surface area contributed by atoms with E-state index in [1.807, 2.05) is 0 Å². The molecule has 56 valence electrons. The van der Waals surface area contributed by atoms with Gasteiger partial charge < -0.3 is 10.4 Å². The lowest BCUT2D eigenvalue weighted by Crippen LogP contribution is -2.42. The second-order valence-electron chi connectivity index (χ2n) is 2.33. The van der Waals surface area contributed by atoms with Crippen LogP contribution < -0.4 is 5.32 Å². The number of rotatable bonds is 1. The average Bonchev–Trinajstić information content (AvgIpc) is 1.94. The zero-order valence-electron chi connectivity index (χ0n) is 5.56. The Bertz CT molecular complexity index is 154. The molecule has 1 aliphatic heterocycles. The van der Waals surface area contributed by atoms with Crippen molar-refractivity contribution in [3.63, 3.8) is 0 Å². The summed E-state index contributed by atoms with van der Waals surface area (Å²) in [4.78, 5) is 2.65. The Morgan fingerprint density at radius 1 is 1.70 bits per heavy atom. The van der Waals surface area contributed by atoms with Gasteiger partial charge in [-0.3, -0.25) is 0 Å². The van der Waals surface area contributed by atoms with E-state index in [0.717, 1.165) is 13.0 Å². The van der Waals surface area contributed by atoms with Crippen LogP contribution in [0.25, 0.3) is 10.4 Å². The van der Waals surface area contributed by atoms with Crippen molar-refractivity contribution in [2.24, 2.45) is 5.11 Å². The second kappa shape index (κ2) is 3.41. The first-order chi connectivity index (χ1) is 4.84. The van der Waals surface area contributed by atoms with E-state index in [1.165, 1.54) is 0 Å². The first-order valence-corrected chi connectivity index (χ1v) is 3.27. The van der Waals surface area contributed by atoms with Gasteiger partial charge in [-0.15, -0.1) is 0 Å². The molecule has 1 heterocycles. The summed E-state index contributed by atoms with van der Waals surface area (Å²) in [6.45, 7) is 1.35. The van der Waals surface area contributed by atoms with E-state index in [0.29, 0.717) is 6.54 Å². The molecule has 0 bridgehead atoms. The van der Waals surface area contributed by atoms with E-state index < -0.39 is 6.10 Å². The molecule has 0 aromatic rings. The number of hydrogen-bond donors (Lipinski definition) is 2. The number of azide groups is 1. The number of hydrogen-bond acceptors (Lipinski definition) is 3. The number of aliphatic hydroxyl groups is 1.